The van der Waals surface area contributed by atoms with Crippen molar-refractivity contribution >= 4 is 27.7 Å². The van der Waals surface area contributed by atoms with Gasteiger partial charge in [0, 0.05) is 18.1 Å². The first-order valence-electron chi connectivity index (χ1n) is 9.57. The number of halogens is 2. The minimum Gasteiger partial charge on any atom is -0.489 e. The van der Waals surface area contributed by atoms with Gasteiger partial charge in [-0.15, -0.1) is 11.8 Å². The molecule has 2 aromatic carbocycles. The van der Waals surface area contributed by atoms with Gasteiger partial charge in [-0.2, -0.15) is 4.72 Å². The third-order valence-corrected chi connectivity index (χ3v) is 7.35. The van der Waals surface area contributed by atoms with E-state index in [1.807, 2.05) is 6.92 Å². The number of sulfonamides is 1. The van der Waals surface area contributed by atoms with E-state index in [0.717, 1.165) is 12.1 Å². The van der Waals surface area contributed by atoms with Gasteiger partial charge in [-0.3, -0.25) is 10.0 Å². The quantitative estimate of drug-likeness (QED) is 0.367. The van der Waals surface area contributed by atoms with Gasteiger partial charge in [-0.1, -0.05) is 6.92 Å². The van der Waals surface area contributed by atoms with E-state index in [1.54, 1.807) is 0 Å². The number of rotatable bonds is 9. The van der Waals surface area contributed by atoms with E-state index in [2.05, 4.69) is 4.72 Å². The predicted molar refractivity (Wildman–Crippen MR) is 113 cm³/mol. The number of hydroxylamine groups is 1. The van der Waals surface area contributed by atoms with Crippen molar-refractivity contribution < 1.29 is 36.7 Å². The number of benzene rings is 2. The van der Waals surface area contributed by atoms with Crippen molar-refractivity contribution in [2.45, 2.75) is 35.8 Å². The lowest BCUT2D eigenvalue weighted by Gasteiger charge is -2.26. The molecule has 1 heterocycles. The molecule has 1 saturated heterocycles. The van der Waals surface area contributed by atoms with Gasteiger partial charge >= 0.3 is 0 Å². The highest BCUT2D eigenvalue weighted by Crippen LogP contribution is 2.33. The Morgan fingerprint density at radius 1 is 1.28 bits per heavy atom. The molecule has 174 valence electrons. The van der Waals surface area contributed by atoms with Gasteiger partial charge in [0.05, 0.1) is 11.5 Å². The van der Waals surface area contributed by atoms with E-state index in [1.165, 1.54) is 47.6 Å². The third kappa shape index (κ3) is 5.56. The maximum absolute atomic E-state index is 13.7. The number of carbonyl (C=O) groups is 1. The smallest absolute Gasteiger partial charge is 0.267 e. The molecule has 1 aliphatic rings. The summed E-state index contributed by atoms with van der Waals surface area (Å²) in [5.41, 5.74) is -0.412. The van der Waals surface area contributed by atoms with Gasteiger partial charge in [-0.05, 0) is 42.2 Å². The fourth-order valence-electron chi connectivity index (χ4n) is 3.14. The van der Waals surface area contributed by atoms with Crippen molar-refractivity contribution in [2.24, 2.45) is 0 Å². The molecule has 0 aromatic heterocycles. The number of carbonyl (C=O) groups excluding carboxylic acids is 1. The highest BCUT2D eigenvalue weighted by molar-refractivity contribution is 7.99. The summed E-state index contributed by atoms with van der Waals surface area (Å²) in [6, 6.07) is 8.37. The molecular formula is C20H22F2N2O6S2. The first-order chi connectivity index (χ1) is 15.2. The van der Waals surface area contributed by atoms with Crippen LogP contribution in [0.1, 0.15) is 18.9 Å². The van der Waals surface area contributed by atoms with Crippen LogP contribution in [0, 0.1) is 11.6 Å². The summed E-state index contributed by atoms with van der Waals surface area (Å²) >= 11 is 1.42. The van der Waals surface area contributed by atoms with Crippen LogP contribution in [0.3, 0.4) is 0 Å². The van der Waals surface area contributed by atoms with Crippen LogP contribution in [-0.2, 0) is 26.2 Å². The second kappa shape index (κ2) is 10.1. The standard InChI is InChI=1S/C20H22F2N2O6S2/c1-2-31-18-10-20(12-30-18,19(25)23-26)24-32(27,28)16-7-5-15(6-8-16)29-11-13-3-4-14(21)9-17(13)22/h3-9,18,24,26H,2,10-12H2,1H3,(H,23,25). The van der Waals surface area contributed by atoms with Gasteiger partial charge < -0.3 is 9.47 Å². The Balaban J connectivity index is 1.71. The molecule has 2 aromatic rings. The van der Waals surface area contributed by atoms with Crippen LogP contribution >= 0.6 is 11.8 Å². The molecule has 8 nitrogen and oxygen atoms in total. The van der Waals surface area contributed by atoms with E-state index in [-0.39, 0.29) is 35.8 Å². The molecule has 2 atom stereocenters. The van der Waals surface area contributed by atoms with Gasteiger partial charge in [-0.25, -0.2) is 22.7 Å². The number of hydrogen-bond donors (Lipinski definition) is 3. The van der Waals surface area contributed by atoms with E-state index >= 15 is 0 Å². The largest absolute Gasteiger partial charge is 0.489 e. The Morgan fingerprint density at radius 3 is 2.62 bits per heavy atom. The summed E-state index contributed by atoms with van der Waals surface area (Å²) < 4.78 is 65.8. The van der Waals surface area contributed by atoms with Gasteiger partial charge in [0.15, 0.2) is 0 Å². The lowest BCUT2D eigenvalue weighted by atomic mass is 10.00. The molecule has 2 unspecified atom stereocenters. The highest BCUT2D eigenvalue weighted by atomic mass is 32.2. The van der Waals surface area contributed by atoms with Crippen LogP contribution in [0.15, 0.2) is 47.4 Å². The fourth-order valence-corrected chi connectivity index (χ4v) is 5.44. The van der Waals surface area contributed by atoms with Crippen molar-refractivity contribution in [1.29, 1.82) is 0 Å². The summed E-state index contributed by atoms with van der Waals surface area (Å²) in [4.78, 5) is 12.1. The van der Waals surface area contributed by atoms with Crippen LogP contribution in [-0.4, -0.2) is 42.9 Å². The maximum Gasteiger partial charge on any atom is 0.267 e. The number of amides is 1. The average molecular weight is 489 g/mol. The first-order valence-corrected chi connectivity index (χ1v) is 12.1. The average Bonchev–Trinajstić information content (AvgIpc) is 3.16. The Kier molecular flexibility index (Phi) is 7.72. The zero-order valence-corrected chi connectivity index (χ0v) is 18.6. The van der Waals surface area contributed by atoms with E-state index in [4.69, 9.17) is 14.7 Å². The summed E-state index contributed by atoms with van der Waals surface area (Å²) in [5.74, 6) is -1.40. The molecule has 1 amide bonds. The molecule has 1 fully saturated rings. The molecule has 12 heteroatoms. The lowest BCUT2D eigenvalue weighted by molar-refractivity contribution is -0.135. The summed E-state index contributed by atoms with van der Waals surface area (Å²) in [6.45, 7) is 1.49. The molecule has 0 spiro atoms. The van der Waals surface area contributed by atoms with Crippen molar-refractivity contribution in [1.82, 2.24) is 10.2 Å². The van der Waals surface area contributed by atoms with Crippen molar-refractivity contribution in [3.05, 3.63) is 59.7 Å². The van der Waals surface area contributed by atoms with Crippen molar-refractivity contribution in [3.63, 3.8) is 0 Å². The minimum absolute atomic E-state index is 0.0432. The number of hydrogen-bond acceptors (Lipinski definition) is 7. The normalized spacial score (nSPS) is 20.8. The van der Waals surface area contributed by atoms with E-state index in [0.29, 0.717) is 5.75 Å². The van der Waals surface area contributed by atoms with Crippen molar-refractivity contribution in [3.8, 4) is 5.75 Å². The molecule has 0 bridgehead atoms. The fraction of sp³-hybridized carbons (Fsp3) is 0.350. The maximum atomic E-state index is 13.7. The van der Waals surface area contributed by atoms with E-state index in [9.17, 15) is 22.0 Å². The predicted octanol–water partition coefficient (Wildman–Crippen LogP) is 2.57. The summed E-state index contributed by atoms with van der Waals surface area (Å²) in [5, 5.41) is 9.11. The van der Waals surface area contributed by atoms with Crippen LogP contribution in [0.2, 0.25) is 0 Å². The topological polar surface area (TPSA) is 114 Å². The number of thioether (sulfide) groups is 1. The zero-order valence-electron chi connectivity index (χ0n) is 17.0. The second-order valence-electron chi connectivity index (χ2n) is 7.02. The SMILES string of the molecule is CCSC1CC(NS(=O)(=O)c2ccc(OCc3ccc(F)cc3F)cc2)(C(=O)NO)CO1. The van der Waals surface area contributed by atoms with Crippen molar-refractivity contribution in [2.75, 3.05) is 12.4 Å². The Labute approximate surface area is 188 Å². The first kappa shape index (κ1) is 24.4. The van der Waals surface area contributed by atoms with Crippen LogP contribution < -0.4 is 14.9 Å². The van der Waals surface area contributed by atoms with E-state index < -0.39 is 38.5 Å². The number of nitrogens with one attached hydrogen (secondary N) is 2. The molecule has 0 aliphatic carbocycles. The molecule has 3 rings (SSSR count). The number of ether oxygens (including phenoxy) is 2. The minimum atomic E-state index is -4.16. The highest BCUT2D eigenvalue weighted by Gasteiger charge is 2.49. The second-order valence-corrected chi connectivity index (χ2v) is 10.1. The van der Waals surface area contributed by atoms with Crippen LogP contribution in [0.25, 0.3) is 0 Å². The zero-order chi connectivity index (χ0) is 23.4. The van der Waals surface area contributed by atoms with Gasteiger partial charge in [0.2, 0.25) is 10.0 Å². The Bertz CT molecular complexity index is 1070. The van der Waals surface area contributed by atoms with Gasteiger partial charge in [0.1, 0.15) is 35.0 Å². The Hall–Kier alpha value is -2.25. The molecule has 0 radical (unpaired) electrons. The van der Waals surface area contributed by atoms with Crippen LogP contribution in [0.4, 0.5) is 8.78 Å². The summed E-state index contributed by atoms with van der Waals surface area (Å²) in [6.07, 6.45) is 0.0432. The molecule has 3 N–H and O–H groups in total. The third-order valence-electron chi connectivity index (χ3n) is 4.79. The van der Waals surface area contributed by atoms with Crippen LogP contribution in [0.5, 0.6) is 5.75 Å². The molecule has 0 saturated carbocycles. The summed E-state index contributed by atoms with van der Waals surface area (Å²) in [7, 11) is -4.16. The molecule has 1 aliphatic heterocycles. The monoisotopic (exact) mass is 488 g/mol. The molecule has 32 heavy (non-hydrogen) atoms. The Morgan fingerprint density at radius 2 is 2.00 bits per heavy atom. The molecular weight excluding hydrogens is 466 g/mol. The van der Waals surface area contributed by atoms with Gasteiger partial charge in [0.25, 0.3) is 5.91 Å². The lowest BCUT2D eigenvalue weighted by Crippen LogP contribution is -2.58.